The van der Waals surface area contributed by atoms with Crippen molar-refractivity contribution < 1.29 is 9.59 Å². The van der Waals surface area contributed by atoms with Crippen molar-refractivity contribution in [2.75, 3.05) is 7.05 Å². The summed E-state index contributed by atoms with van der Waals surface area (Å²) in [5.41, 5.74) is 0.976. The quantitative estimate of drug-likeness (QED) is 0.772. The molecule has 7 nitrogen and oxygen atoms in total. The Bertz CT molecular complexity index is 732. The smallest absolute Gasteiger partial charge is 0.321 e. The fraction of sp³-hybridized carbons (Fsp3) is 0.412. The molecule has 0 saturated heterocycles. The number of thioether (sulfide) groups is 1. The number of carbonyl (C=O) groups excluding carboxylic acids is 2. The van der Waals surface area contributed by atoms with Gasteiger partial charge in [-0.15, -0.1) is 10.2 Å². The summed E-state index contributed by atoms with van der Waals surface area (Å²) in [4.78, 5) is 23.4. The van der Waals surface area contributed by atoms with Crippen molar-refractivity contribution in [3.8, 4) is 11.4 Å². The molecule has 2 atom stereocenters. The Labute approximate surface area is 151 Å². The Morgan fingerprint density at radius 3 is 2.48 bits per heavy atom. The van der Waals surface area contributed by atoms with Crippen LogP contribution in [0.4, 0.5) is 4.79 Å². The summed E-state index contributed by atoms with van der Waals surface area (Å²) < 4.78 is 2.05. The maximum atomic E-state index is 12.1. The predicted octanol–water partition coefficient (Wildman–Crippen LogP) is 2.85. The summed E-state index contributed by atoms with van der Waals surface area (Å²) in [7, 11) is 1.46. The zero-order chi connectivity index (χ0) is 18.4. The molecule has 0 saturated carbocycles. The van der Waals surface area contributed by atoms with Gasteiger partial charge in [0.25, 0.3) is 0 Å². The number of amides is 3. The molecular formula is C17H23N5O2S. The van der Waals surface area contributed by atoms with Gasteiger partial charge in [-0.2, -0.15) is 0 Å². The van der Waals surface area contributed by atoms with Crippen LogP contribution in [0.1, 0.15) is 33.2 Å². The largest absolute Gasteiger partial charge is 0.341 e. The topological polar surface area (TPSA) is 88.9 Å². The number of urea groups is 1. The molecule has 0 radical (unpaired) electrons. The molecule has 0 aliphatic heterocycles. The molecule has 1 heterocycles. The zero-order valence-electron chi connectivity index (χ0n) is 14.8. The van der Waals surface area contributed by atoms with Gasteiger partial charge in [0.2, 0.25) is 5.91 Å². The SMILES string of the molecule is CC[C@@H](C)n1c(S[C@H](C)C(=O)NC(=O)NC)nnc1-c1ccccc1. The number of hydrogen-bond donors (Lipinski definition) is 2. The van der Waals surface area contributed by atoms with Crippen LogP contribution in [-0.4, -0.2) is 39.0 Å². The second-order valence-electron chi connectivity index (χ2n) is 5.63. The van der Waals surface area contributed by atoms with Crippen LogP contribution in [0, 0.1) is 0 Å². The number of benzene rings is 1. The van der Waals surface area contributed by atoms with Gasteiger partial charge in [-0.25, -0.2) is 4.79 Å². The van der Waals surface area contributed by atoms with E-state index in [1.807, 2.05) is 34.9 Å². The highest BCUT2D eigenvalue weighted by Crippen LogP contribution is 2.30. The van der Waals surface area contributed by atoms with Crippen molar-refractivity contribution >= 4 is 23.7 Å². The molecule has 1 aromatic carbocycles. The molecule has 3 amide bonds. The lowest BCUT2D eigenvalue weighted by atomic mass is 10.2. The van der Waals surface area contributed by atoms with E-state index in [0.29, 0.717) is 5.16 Å². The fourth-order valence-electron chi connectivity index (χ4n) is 2.21. The summed E-state index contributed by atoms with van der Waals surface area (Å²) in [6.07, 6.45) is 0.907. The maximum Gasteiger partial charge on any atom is 0.321 e. The number of nitrogens with one attached hydrogen (secondary N) is 2. The molecule has 8 heteroatoms. The van der Waals surface area contributed by atoms with Crippen LogP contribution in [0.15, 0.2) is 35.5 Å². The van der Waals surface area contributed by atoms with Crippen LogP contribution in [0.25, 0.3) is 11.4 Å². The minimum absolute atomic E-state index is 0.182. The number of hydrogen-bond acceptors (Lipinski definition) is 5. The standard InChI is InChI=1S/C17H23N5O2S/c1-5-11(2)22-14(13-9-7-6-8-10-13)20-21-17(22)25-12(3)15(23)19-16(24)18-4/h6-12H,5H2,1-4H3,(H2,18,19,23,24)/t11-,12-/m1/s1. The van der Waals surface area contributed by atoms with E-state index in [4.69, 9.17) is 0 Å². The summed E-state index contributed by atoms with van der Waals surface area (Å²) in [6, 6.07) is 9.49. The van der Waals surface area contributed by atoms with Crippen molar-refractivity contribution in [1.82, 2.24) is 25.4 Å². The van der Waals surface area contributed by atoms with Gasteiger partial charge in [-0.05, 0) is 20.3 Å². The predicted molar refractivity (Wildman–Crippen MR) is 98.4 cm³/mol. The van der Waals surface area contributed by atoms with Crippen LogP contribution >= 0.6 is 11.8 Å². The molecule has 2 N–H and O–H groups in total. The van der Waals surface area contributed by atoms with Crippen molar-refractivity contribution in [1.29, 1.82) is 0 Å². The second-order valence-corrected chi connectivity index (χ2v) is 6.94. The van der Waals surface area contributed by atoms with Crippen molar-refractivity contribution in [2.24, 2.45) is 0 Å². The molecule has 0 aliphatic carbocycles. The third kappa shape index (κ3) is 4.60. The molecule has 2 rings (SSSR count). The van der Waals surface area contributed by atoms with Crippen molar-refractivity contribution in [2.45, 2.75) is 43.6 Å². The second kappa shape index (κ2) is 8.66. The molecular weight excluding hydrogens is 338 g/mol. The highest BCUT2D eigenvalue weighted by Gasteiger charge is 2.23. The number of carbonyl (C=O) groups is 2. The van der Waals surface area contributed by atoms with Crippen LogP contribution in [-0.2, 0) is 4.79 Å². The van der Waals surface area contributed by atoms with Crippen LogP contribution in [0.5, 0.6) is 0 Å². The first kappa shape index (κ1) is 19.0. The van der Waals surface area contributed by atoms with Crippen molar-refractivity contribution in [3.05, 3.63) is 30.3 Å². The van der Waals surface area contributed by atoms with E-state index in [1.165, 1.54) is 18.8 Å². The van der Waals surface area contributed by atoms with Crippen LogP contribution in [0.2, 0.25) is 0 Å². The van der Waals surface area contributed by atoms with E-state index in [2.05, 4.69) is 34.7 Å². The van der Waals surface area contributed by atoms with Gasteiger partial charge < -0.3 is 5.32 Å². The molecule has 134 valence electrons. The minimum Gasteiger partial charge on any atom is -0.341 e. The third-order valence-corrected chi connectivity index (χ3v) is 4.90. The monoisotopic (exact) mass is 361 g/mol. The van der Waals surface area contributed by atoms with Gasteiger partial charge in [0, 0.05) is 18.7 Å². The van der Waals surface area contributed by atoms with E-state index in [1.54, 1.807) is 6.92 Å². The maximum absolute atomic E-state index is 12.1. The van der Waals surface area contributed by atoms with Gasteiger partial charge in [-0.3, -0.25) is 14.7 Å². The highest BCUT2D eigenvalue weighted by molar-refractivity contribution is 8.00. The van der Waals surface area contributed by atoms with Crippen LogP contribution < -0.4 is 10.6 Å². The lowest BCUT2D eigenvalue weighted by molar-refractivity contribution is -0.119. The first-order chi connectivity index (χ1) is 12.0. The van der Waals surface area contributed by atoms with Gasteiger partial charge in [0.05, 0.1) is 5.25 Å². The van der Waals surface area contributed by atoms with E-state index >= 15 is 0 Å². The minimum atomic E-state index is -0.522. The average Bonchev–Trinajstić information content (AvgIpc) is 3.05. The Kier molecular flexibility index (Phi) is 6.58. The summed E-state index contributed by atoms with van der Waals surface area (Å²) in [5.74, 6) is 0.403. The van der Waals surface area contributed by atoms with Crippen LogP contribution in [0.3, 0.4) is 0 Å². The van der Waals surface area contributed by atoms with Gasteiger partial charge >= 0.3 is 6.03 Å². The number of nitrogens with zero attached hydrogens (tertiary/aromatic N) is 3. The third-order valence-electron chi connectivity index (χ3n) is 3.84. The van der Waals surface area contributed by atoms with E-state index < -0.39 is 11.3 Å². The molecule has 0 aliphatic rings. The number of aromatic nitrogens is 3. The molecule has 25 heavy (non-hydrogen) atoms. The molecule has 0 spiro atoms. The summed E-state index contributed by atoms with van der Waals surface area (Å²) in [5, 5.41) is 13.4. The lowest BCUT2D eigenvalue weighted by Gasteiger charge is -2.18. The Balaban J connectivity index is 2.28. The van der Waals surface area contributed by atoms with Gasteiger partial charge in [-0.1, -0.05) is 49.0 Å². The lowest BCUT2D eigenvalue weighted by Crippen LogP contribution is -2.41. The Morgan fingerprint density at radius 2 is 1.88 bits per heavy atom. The first-order valence-electron chi connectivity index (χ1n) is 8.17. The molecule has 0 bridgehead atoms. The number of imide groups is 1. The van der Waals surface area contributed by atoms with E-state index in [0.717, 1.165) is 17.8 Å². The highest BCUT2D eigenvalue weighted by atomic mass is 32.2. The average molecular weight is 361 g/mol. The molecule has 2 aromatic rings. The fourth-order valence-corrected chi connectivity index (χ4v) is 3.16. The normalized spacial score (nSPS) is 13.1. The van der Waals surface area contributed by atoms with Gasteiger partial charge in [0.15, 0.2) is 11.0 Å². The molecule has 0 fully saturated rings. The zero-order valence-corrected chi connectivity index (χ0v) is 15.6. The Morgan fingerprint density at radius 1 is 1.20 bits per heavy atom. The summed E-state index contributed by atoms with van der Waals surface area (Å²) >= 11 is 1.29. The Hall–Kier alpha value is -2.35. The van der Waals surface area contributed by atoms with E-state index in [9.17, 15) is 9.59 Å². The summed E-state index contributed by atoms with van der Waals surface area (Å²) in [6.45, 7) is 5.92. The van der Waals surface area contributed by atoms with E-state index in [-0.39, 0.29) is 11.9 Å². The number of rotatable bonds is 6. The first-order valence-corrected chi connectivity index (χ1v) is 9.05. The molecule has 1 aromatic heterocycles. The van der Waals surface area contributed by atoms with Gasteiger partial charge in [0.1, 0.15) is 0 Å². The van der Waals surface area contributed by atoms with Crippen molar-refractivity contribution in [3.63, 3.8) is 0 Å². The molecule has 0 unspecified atom stereocenters.